The standard InChI is InChI=1S/C30H26Br2F3NO6/c1-28(2)10-19(37)25-22(12-28)41-23-13-29(3,4)11-20(38)26(23)24(25)14-7-16(31)27(17(32)8-14)42-21-6-5-15(30(33,34)35)9-18(21)36(39)40/h5-9,24H,10-13H2,1-4H3. The molecule has 12 heteroatoms. The van der Waals surface area contributed by atoms with E-state index in [4.69, 9.17) is 9.47 Å². The number of carbonyl (C=O) groups excluding carboxylic acids is 2. The second-order valence-corrected chi connectivity index (χ2v) is 14.2. The van der Waals surface area contributed by atoms with Gasteiger partial charge in [0.05, 0.1) is 19.4 Å². The van der Waals surface area contributed by atoms with Crippen molar-refractivity contribution in [2.24, 2.45) is 10.8 Å². The number of hydrogen-bond donors (Lipinski definition) is 0. The number of carbonyl (C=O) groups is 2. The molecule has 0 atom stereocenters. The van der Waals surface area contributed by atoms with Gasteiger partial charge in [0, 0.05) is 48.8 Å². The predicted octanol–water partition coefficient (Wildman–Crippen LogP) is 9.33. The van der Waals surface area contributed by atoms with Gasteiger partial charge in [0.25, 0.3) is 0 Å². The molecule has 0 spiro atoms. The zero-order valence-electron chi connectivity index (χ0n) is 23.1. The van der Waals surface area contributed by atoms with Gasteiger partial charge in [-0.1, -0.05) is 27.7 Å². The van der Waals surface area contributed by atoms with Crippen molar-refractivity contribution in [3.05, 3.63) is 83.2 Å². The molecule has 5 rings (SSSR count). The van der Waals surface area contributed by atoms with E-state index in [0.717, 1.165) is 6.07 Å². The molecule has 2 aromatic rings. The first-order valence-corrected chi connectivity index (χ1v) is 14.7. The highest BCUT2D eigenvalue weighted by atomic mass is 79.9. The van der Waals surface area contributed by atoms with E-state index in [2.05, 4.69) is 31.9 Å². The summed E-state index contributed by atoms with van der Waals surface area (Å²) >= 11 is 6.87. The molecule has 7 nitrogen and oxygen atoms in total. The highest BCUT2D eigenvalue weighted by Gasteiger charge is 2.48. The average molecular weight is 713 g/mol. The van der Waals surface area contributed by atoms with Gasteiger partial charge in [0.1, 0.15) is 11.5 Å². The molecule has 0 amide bonds. The Morgan fingerprint density at radius 2 is 1.40 bits per heavy atom. The SMILES string of the molecule is CC1(C)CC(=O)C2=C(C1)OC1=C(C(=O)CC(C)(C)C1)C2c1cc(Br)c(Oc2ccc(C(F)(F)F)cc2[N+](=O)[O-])c(Br)c1. The van der Waals surface area contributed by atoms with Crippen molar-refractivity contribution in [1.82, 2.24) is 0 Å². The van der Waals surface area contributed by atoms with Crippen LogP contribution in [0.4, 0.5) is 18.9 Å². The van der Waals surface area contributed by atoms with Crippen LogP contribution in [0.1, 0.15) is 70.4 Å². The van der Waals surface area contributed by atoms with Crippen molar-refractivity contribution in [3.8, 4) is 11.5 Å². The van der Waals surface area contributed by atoms with E-state index < -0.39 is 34.0 Å². The first-order valence-electron chi connectivity index (χ1n) is 13.1. The fraction of sp³-hybridized carbons (Fsp3) is 0.400. The van der Waals surface area contributed by atoms with Gasteiger partial charge >= 0.3 is 11.9 Å². The van der Waals surface area contributed by atoms with E-state index in [1.165, 1.54) is 0 Å². The van der Waals surface area contributed by atoms with Crippen LogP contribution in [-0.4, -0.2) is 16.5 Å². The lowest BCUT2D eigenvalue weighted by Gasteiger charge is -2.42. The Labute approximate surface area is 256 Å². The molecular formula is C30H26Br2F3NO6. The van der Waals surface area contributed by atoms with Gasteiger partial charge in [0.15, 0.2) is 17.3 Å². The third kappa shape index (κ3) is 5.67. The molecule has 1 heterocycles. The van der Waals surface area contributed by atoms with Crippen molar-refractivity contribution in [1.29, 1.82) is 0 Å². The van der Waals surface area contributed by atoms with E-state index in [1.807, 2.05) is 27.7 Å². The summed E-state index contributed by atoms with van der Waals surface area (Å²) in [5, 5.41) is 11.6. The lowest BCUT2D eigenvalue weighted by molar-refractivity contribution is -0.385. The van der Waals surface area contributed by atoms with Crippen LogP contribution >= 0.6 is 31.9 Å². The molecule has 0 aromatic heterocycles. The number of Topliss-reactive ketones (excluding diaryl/α,β-unsaturated/α-hetero) is 2. The van der Waals surface area contributed by atoms with Crippen molar-refractivity contribution >= 4 is 49.1 Å². The van der Waals surface area contributed by atoms with E-state index >= 15 is 0 Å². The lowest BCUT2D eigenvalue weighted by Crippen LogP contribution is -2.37. The van der Waals surface area contributed by atoms with E-state index in [1.54, 1.807) is 12.1 Å². The smallest absolute Gasteiger partial charge is 0.416 e. The number of nitro groups is 1. The third-order valence-corrected chi connectivity index (χ3v) is 8.81. The zero-order valence-corrected chi connectivity index (χ0v) is 26.3. The maximum absolute atomic E-state index is 13.5. The van der Waals surface area contributed by atoms with Crippen LogP contribution in [0.15, 0.2) is 61.9 Å². The number of benzene rings is 2. The summed E-state index contributed by atoms with van der Waals surface area (Å²) in [6.07, 6.45) is -3.15. The molecule has 0 N–H and O–H groups in total. The summed E-state index contributed by atoms with van der Waals surface area (Å²) in [5.41, 5.74) is -1.20. The number of ketones is 2. The maximum atomic E-state index is 13.5. The summed E-state index contributed by atoms with van der Waals surface area (Å²) in [4.78, 5) is 37.7. The van der Waals surface area contributed by atoms with Crippen molar-refractivity contribution in [2.75, 3.05) is 0 Å². The number of ether oxygens (including phenoxy) is 2. The Morgan fingerprint density at radius 3 is 1.86 bits per heavy atom. The largest absolute Gasteiger partial charge is 0.465 e. The van der Waals surface area contributed by atoms with E-state index in [9.17, 15) is 32.9 Å². The second kappa shape index (κ2) is 10.3. The predicted molar refractivity (Wildman–Crippen MR) is 154 cm³/mol. The Hall–Kier alpha value is -2.99. The van der Waals surface area contributed by atoms with Crippen LogP contribution in [0.25, 0.3) is 0 Å². The van der Waals surface area contributed by atoms with Crippen LogP contribution in [0.2, 0.25) is 0 Å². The van der Waals surface area contributed by atoms with E-state index in [0.29, 0.717) is 62.1 Å². The normalized spacial score (nSPS) is 20.2. The number of halogens is 5. The molecule has 0 bridgehead atoms. The Bertz CT molecular complexity index is 1550. The summed E-state index contributed by atoms with van der Waals surface area (Å²) in [5.74, 6) is -0.122. The molecule has 1 aliphatic heterocycles. The van der Waals surface area contributed by atoms with Crippen LogP contribution < -0.4 is 4.74 Å². The minimum absolute atomic E-state index is 0.0734. The number of hydrogen-bond acceptors (Lipinski definition) is 6. The topological polar surface area (TPSA) is 95.7 Å². The minimum Gasteiger partial charge on any atom is -0.465 e. The summed E-state index contributed by atoms with van der Waals surface area (Å²) < 4.78 is 52.2. The zero-order chi connectivity index (χ0) is 30.9. The van der Waals surface area contributed by atoms with Gasteiger partial charge in [-0.25, -0.2) is 0 Å². The summed E-state index contributed by atoms with van der Waals surface area (Å²) in [6.45, 7) is 7.97. The fourth-order valence-corrected chi connectivity index (χ4v) is 7.27. The first-order chi connectivity index (χ1) is 19.4. The quantitative estimate of drug-likeness (QED) is 0.232. The molecule has 0 saturated heterocycles. The van der Waals surface area contributed by atoms with Crippen LogP contribution in [0.5, 0.6) is 11.5 Å². The number of rotatable bonds is 4. The van der Waals surface area contributed by atoms with Gasteiger partial charge in [-0.15, -0.1) is 0 Å². The van der Waals surface area contributed by atoms with Gasteiger partial charge in [-0.3, -0.25) is 19.7 Å². The van der Waals surface area contributed by atoms with Crippen molar-refractivity contribution in [2.45, 2.75) is 65.5 Å². The van der Waals surface area contributed by atoms with Crippen LogP contribution in [-0.2, 0) is 20.5 Å². The molecule has 0 unspecified atom stereocenters. The average Bonchev–Trinajstić information content (AvgIpc) is 2.82. The van der Waals surface area contributed by atoms with Gasteiger partial charge in [-0.2, -0.15) is 13.2 Å². The van der Waals surface area contributed by atoms with Crippen molar-refractivity contribution in [3.63, 3.8) is 0 Å². The lowest BCUT2D eigenvalue weighted by atomic mass is 9.65. The fourth-order valence-electron chi connectivity index (χ4n) is 5.88. The Kier molecular flexibility index (Phi) is 7.49. The van der Waals surface area contributed by atoms with Gasteiger partial charge in [-0.05, 0) is 72.5 Å². The number of nitrogens with zero attached hydrogens (tertiary/aromatic N) is 1. The van der Waals surface area contributed by atoms with Crippen molar-refractivity contribution < 1.29 is 37.2 Å². The van der Waals surface area contributed by atoms with E-state index in [-0.39, 0.29) is 41.0 Å². The monoisotopic (exact) mass is 711 g/mol. The maximum Gasteiger partial charge on any atom is 0.416 e. The first kappa shape index (κ1) is 30.5. The highest BCUT2D eigenvalue weighted by molar-refractivity contribution is 9.11. The molecule has 222 valence electrons. The summed E-state index contributed by atoms with van der Waals surface area (Å²) in [7, 11) is 0. The van der Waals surface area contributed by atoms with Gasteiger partial charge in [0.2, 0.25) is 5.75 Å². The molecule has 0 radical (unpaired) electrons. The summed E-state index contributed by atoms with van der Waals surface area (Å²) in [6, 6.07) is 5.32. The third-order valence-electron chi connectivity index (χ3n) is 7.63. The number of allylic oxidation sites excluding steroid dienone is 4. The van der Waals surface area contributed by atoms with Crippen LogP contribution in [0, 0.1) is 20.9 Å². The Balaban J connectivity index is 1.61. The minimum atomic E-state index is -4.77. The molecule has 42 heavy (non-hydrogen) atoms. The molecule has 2 aliphatic carbocycles. The highest BCUT2D eigenvalue weighted by Crippen LogP contribution is 2.54. The second-order valence-electron chi connectivity index (χ2n) is 12.4. The molecular weight excluding hydrogens is 687 g/mol. The molecule has 0 fully saturated rings. The number of alkyl halides is 3. The van der Waals surface area contributed by atoms with Gasteiger partial charge < -0.3 is 9.47 Å². The Morgan fingerprint density at radius 1 is 0.905 bits per heavy atom. The molecule has 3 aliphatic rings. The number of nitro benzene ring substituents is 1. The molecule has 2 aromatic carbocycles. The van der Waals surface area contributed by atoms with Crippen LogP contribution in [0.3, 0.4) is 0 Å². The molecule has 0 saturated carbocycles.